The summed E-state index contributed by atoms with van der Waals surface area (Å²) in [5.41, 5.74) is 1.69. The van der Waals surface area contributed by atoms with Crippen LogP contribution in [0.2, 0.25) is 5.02 Å². The van der Waals surface area contributed by atoms with Gasteiger partial charge in [0.05, 0.1) is 37.5 Å². The Balaban J connectivity index is 2.44. The number of methoxy groups -OCH3 is 3. The minimum Gasteiger partial charge on any atom is -0.493 e. The molecule has 1 aliphatic heterocycles. The molecule has 0 unspecified atom stereocenters. The van der Waals surface area contributed by atoms with Crippen molar-refractivity contribution in [1.29, 1.82) is 0 Å². The molecule has 0 fully saturated rings. The van der Waals surface area contributed by atoms with Crippen LogP contribution in [0.5, 0.6) is 11.5 Å². The molecule has 7 nitrogen and oxygen atoms in total. The van der Waals surface area contributed by atoms with Gasteiger partial charge >= 0.3 is 5.97 Å². The molecular weight excluding hydrogens is 380 g/mol. The first-order valence-corrected chi connectivity index (χ1v) is 8.57. The van der Waals surface area contributed by atoms with E-state index in [0.717, 1.165) is 0 Å². The number of ether oxygens (including phenoxy) is 4. The normalized spacial score (nSPS) is 16.7. The van der Waals surface area contributed by atoms with Gasteiger partial charge in [0.2, 0.25) is 0 Å². The Morgan fingerprint density at radius 3 is 2.58 bits per heavy atom. The number of thiocarbonyl (C=S) groups is 1. The van der Waals surface area contributed by atoms with Gasteiger partial charge in [-0.3, -0.25) is 0 Å². The number of nitrogens with one attached hydrogen (secondary N) is 2. The average molecular weight is 401 g/mol. The summed E-state index contributed by atoms with van der Waals surface area (Å²) in [5.74, 6) is 0.392. The average Bonchev–Trinajstić information content (AvgIpc) is 2.60. The van der Waals surface area contributed by atoms with E-state index in [2.05, 4.69) is 10.6 Å². The van der Waals surface area contributed by atoms with E-state index in [1.54, 1.807) is 19.1 Å². The predicted octanol–water partition coefficient (Wildman–Crippen LogP) is 2.34. The van der Waals surface area contributed by atoms with Crippen molar-refractivity contribution in [3.63, 3.8) is 0 Å². The molecule has 0 radical (unpaired) electrons. The summed E-state index contributed by atoms with van der Waals surface area (Å²) in [6.45, 7) is 2.22. The van der Waals surface area contributed by atoms with Gasteiger partial charge in [-0.1, -0.05) is 11.6 Å². The van der Waals surface area contributed by atoms with Gasteiger partial charge in [-0.05, 0) is 36.8 Å². The molecule has 0 spiro atoms. The Hall–Kier alpha value is -2.03. The van der Waals surface area contributed by atoms with Crippen LogP contribution in [0.1, 0.15) is 18.5 Å². The van der Waals surface area contributed by atoms with Gasteiger partial charge in [0.1, 0.15) is 6.61 Å². The number of hydrogen-bond donors (Lipinski definition) is 2. The molecule has 26 heavy (non-hydrogen) atoms. The third kappa shape index (κ3) is 4.38. The standard InChI is InChI=1S/C17H21ClN2O5S/c1-9-13(16(21)25-6-5-22-2)14(20-17(26)19-9)10-7-11(18)15(24-4)12(8-10)23-3/h7-8,14H,5-6H2,1-4H3,(H2,19,20,26)/t14-/m1/s1. The maximum Gasteiger partial charge on any atom is 0.338 e. The summed E-state index contributed by atoms with van der Waals surface area (Å²) >= 11 is 11.5. The highest BCUT2D eigenvalue weighted by molar-refractivity contribution is 7.80. The second-order valence-corrected chi connectivity index (χ2v) is 6.25. The lowest BCUT2D eigenvalue weighted by molar-refractivity contribution is -0.140. The van der Waals surface area contributed by atoms with E-state index >= 15 is 0 Å². The van der Waals surface area contributed by atoms with Crippen molar-refractivity contribution in [2.45, 2.75) is 13.0 Å². The van der Waals surface area contributed by atoms with Gasteiger partial charge in [-0.2, -0.15) is 0 Å². The molecule has 1 aliphatic rings. The van der Waals surface area contributed by atoms with Crippen molar-refractivity contribution in [3.05, 3.63) is 34.0 Å². The zero-order valence-electron chi connectivity index (χ0n) is 15.0. The first-order valence-electron chi connectivity index (χ1n) is 7.78. The molecule has 0 aliphatic carbocycles. The number of allylic oxidation sites excluding steroid dienone is 1. The van der Waals surface area contributed by atoms with E-state index in [0.29, 0.717) is 45.1 Å². The minimum absolute atomic E-state index is 0.149. The predicted molar refractivity (Wildman–Crippen MR) is 102 cm³/mol. The van der Waals surface area contributed by atoms with Gasteiger partial charge in [-0.25, -0.2) is 4.79 Å². The van der Waals surface area contributed by atoms with Gasteiger partial charge in [-0.15, -0.1) is 0 Å². The Morgan fingerprint density at radius 1 is 1.23 bits per heavy atom. The van der Waals surface area contributed by atoms with Crippen molar-refractivity contribution in [1.82, 2.24) is 10.6 Å². The van der Waals surface area contributed by atoms with Crippen molar-refractivity contribution in [2.24, 2.45) is 0 Å². The van der Waals surface area contributed by atoms with Crippen LogP contribution in [0.3, 0.4) is 0 Å². The second-order valence-electron chi connectivity index (χ2n) is 5.44. The fraction of sp³-hybridized carbons (Fsp3) is 0.412. The molecule has 0 saturated heterocycles. The molecule has 0 bridgehead atoms. The van der Waals surface area contributed by atoms with Crippen molar-refractivity contribution >= 4 is 34.9 Å². The summed E-state index contributed by atoms with van der Waals surface area (Å²) in [6, 6.07) is 2.90. The van der Waals surface area contributed by atoms with Gasteiger partial charge in [0.15, 0.2) is 16.6 Å². The second kappa shape index (κ2) is 9.07. The van der Waals surface area contributed by atoms with Crippen LogP contribution in [-0.2, 0) is 14.3 Å². The largest absolute Gasteiger partial charge is 0.493 e. The monoisotopic (exact) mass is 400 g/mol. The van der Waals surface area contributed by atoms with E-state index in [1.165, 1.54) is 21.3 Å². The summed E-state index contributed by atoms with van der Waals surface area (Å²) < 4.78 is 20.8. The van der Waals surface area contributed by atoms with Crippen molar-refractivity contribution in [3.8, 4) is 11.5 Å². The molecule has 0 aromatic heterocycles. The topological polar surface area (TPSA) is 78.1 Å². The number of carbonyl (C=O) groups excluding carboxylic acids is 1. The van der Waals surface area contributed by atoms with E-state index < -0.39 is 12.0 Å². The van der Waals surface area contributed by atoms with Gasteiger partial charge in [0.25, 0.3) is 0 Å². The molecule has 2 rings (SSSR count). The van der Waals surface area contributed by atoms with Crippen LogP contribution in [0, 0.1) is 0 Å². The molecule has 142 valence electrons. The minimum atomic E-state index is -0.545. The summed E-state index contributed by atoms with van der Waals surface area (Å²) in [6.07, 6.45) is 0. The lowest BCUT2D eigenvalue weighted by Gasteiger charge is -2.30. The van der Waals surface area contributed by atoms with E-state index in [4.69, 9.17) is 42.8 Å². The van der Waals surface area contributed by atoms with Crippen LogP contribution in [-0.4, -0.2) is 45.6 Å². The Bertz CT molecular complexity index is 738. The smallest absolute Gasteiger partial charge is 0.338 e. The van der Waals surface area contributed by atoms with Crippen LogP contribution in [0.4, 0.5) is 0 Å². The Morgan fingerprint density at radius 2 is 1.96 bits per heavy atom. The fourth-order valence-corrected chi connectivity index (χ4v) is 3.18. The molecule has 2 N–H and O–H groups in total. The van der Waals surface area contributed by atoms with Gasteiger partial charge in [0, 0.05) is 12.8 Å². The quantitative estimate of drug-likeness (QED) is 0.410. The molecule has 1 aromatic rings. The fourth-order valence-electron chi connectivity index (χ4n) is 2.61. The number of hydrogen-bond acceptors (Lipinski definition) is 6. The summed E-state index contributed by atoms with van der Waals surface area (Å²) in [4.78, 5) is 12.6. The Kier molecular flexibility index (Phi) is 7.07. The molecule has 0 saturated carbocycles. The first kappa shape index (κ1) is 20.3. The third-order valence-electron chi connectivity index (χ3n) is 3.80. The van der Waals surface area contributed by atoms with E-state index in [-0.39, 0.29) is 6.61 Å². The van der Waals surface area contributed by atoms with Crippen LogP contribution >= 0.6 is 23.8 Å². The maximum atomic E-state index is 12.6. The molecule has 1 atom stereocenters. The maximum absolute atomic E-state index is 12.6. The van der Waals surface area contributed by atoms with Crippen molar-refractivity contribution < 1.29 is 23.7 Å². The molecule has 9 heteroatoms. The van der Waals surface area contributed by atoms with Crippen LogP contribution in [0.25, 0.3) is 0 Å². The number of benzene rings is 1. The number of halogens is 1. The molecule has 1 heterocycles. The summed E-state index contributed by atoms with van der Waals surface area (Å²) in [7, 11) is 4.55. The lowest BCUT2D eigenvalue weighted by Crippen LogP contribution is -2.45. The molecular formula is C17H21ClN2O5S. The first-order chi connectivity index (χ1) is 12.4. The number of rotatable bonds is 7. The zero-order valence-corrected chi connectivity index (χ0v) is 16.5. The molecule has 1 aromatic carbocycles. The number of esters is 1. The SMILES string of the molecule is COCCOC(=O)C1=C(C)NC(=S)N[C@@H]1c1cc(Cl)c(OC)c(OC)c1. The zero-order chi connectivity index (χ0) is 19.3. The number of carbonyl (C=O) groups is 1. The summed E-state index contributed by atoms with van der Waals surface area (Å²) in [5, 5.41) is 6.78. The Labute approximate surface area is 162 Å². The van der Waals surface area contributed by atoms with Crippen LogP contribution < -0.4 is 20.1 Å². The van der Waals surface area contributed by atoms with E-state index in [9.17, 15) is 4.79 Å². The highest BCUT2D eigenvalue weighted by Gasteiger charge is 2.32. The van der Waals surface area contributed by atoms with Gasteiger partial charge < -0.3 is 29.6 Å². The van der Waals surface area contributed by atoms with Crippen molar-refractivity contribution in [2.75, 3.05) is 34.5 Å². The lowest BCUT2D eigenvalue weighted by atomic mass is 9.95. The highest BCUT2D eigenvalue weighted by atomic mass is 35.5. The van der Waals surface area contributed by atoms with Crippen LogP contribution in [0.15, 0.2) is 23.4 Å². The molecule has 0 amide bonds. The highest BCUT2D eigenvalue weighted by Crippen LogP contribution is 2.39. The third-order valence-corrected chi connectivity index (χ3v) is 4.30. The van der Waals surface area contributed by atoms with E-state index in [1.807, 2.05) is 0 Å².